The van der Waals surface area contributed by atoms with Gasteiger partial charge in [-0.2, -0.15) is 0 Å². The maximum atomic E-state index is 12.6. The molecule has 3 amide bonds. The lowest BCUT2D eigenvalue weighted by Gasteiger charge is -2.19. The number of urea groups is 1. The third-order valence-corrected chi connectivity index (χ3v) is 4.18. The fourth-order valence-electron chi connectivity index (χ4n) is 2.24. The van der Waals surface area contributed by atoms with E-state index in [9.17, 15) is 9.59 Å². The predicted octanol–water partition coefficient (Wildman–Crippen LogP) is 3.56. The minimum Gasteiger partial charge on any atom is -0.495 e. The van der Waals surface area contributed by atoms with Gasteiger partial charge in [0, 0.05) is 18.7 Å². The molecule has 0 saturated carbocycles. The Morgan fingerprint density at radius 2 is 1.86 bits per heavy atom. The maximum Gasteiger partial charge on any atom is 0.336 e. The molecular weight excluding hydrogens is 406 g/mol. The molecule has 0 unspecified atom stereocenters. The predicted molar refractivity (Wildman–Crippen MR) is 112 cm³/mol. The number of benzene rings is 2. The van der Waals surface area contributed by atoms with Gasteiger partial charge in [-0.3, -0.25) is 4.79 Å². The van der Waals surface area contributed by atoms with E-state index in [2.05, 4.69) is 23.4 Å². The Bertz CT molecular complexity index is 848. The van der Waals surface area contributed by atoms with Crippen LogP contribution in [0.25, 0.3) is 0 Å². The third kappa shape index (κ3) is 5.69. The zero-order chi connectivity index (χ0) is 20.7. The summed E-state index contributed by atoms with van der Waals surface area (Å²) in [7, 11) is 1.45. The van der Waals surface area contributed by atoms with Crippen LogP contribution >= 0.6 is 24.4 Å². The number of amides is 3. The zero-order valence-electron chi connectivity index (χ0n) is 15.2. The van der Waals surface area contributed by atoms with E-state index in [-0.39, 0.29) is 35.6 Å². The van der Waals surface area contributed by atoms with E-state index in [1.165, 1.54) is 26.2 Å². The molecule has 3 N–H and O–H groups in total. The Labute approximate surface area is 172 Å². The number of thiol groups is 1. The number of carbonyl (C=O) groups excluding carboxylic acids is 2. The van der Waals surface area contributed by atoms with E-state index in [0.29, 0.717) is 17.1 Å². The SMILES string of the molecule is COc1cc(OCCO)c(NC(=O)N(S)c2ccc(NC(C)=O)cc2)cc1Cl. The van der Waals surface area contributed by atoms with Crippen molar-refractivity contribution in [2.45, 2.75) is 6.92 Å². The first-order valence-electron chi connectivity index (χ1n) is 8.14. The Hall–Kier alpha value is -2.62. The van der Waals surface area contributed by atoms with Gasteiger partial charge in [-0.15, -0.1) is 0 Å². The minimum absolute atomic E-state index is 0.0306. The molecule has 0 fully saturated rings. The number of anilines is 3. The second kappa shape index (κ2) is 10.1. The smallest absolute Gasteiger partial charge is 0.336 e. The number of rotatable bonds is 7. The van der Waals surface area contributed by atoms with Gasteiger partial charge in [-0.05, 0) is 30.3 Å². The quantitative estimate of drug-likeness (QED) is 0.508. The van der Waals surface area contributed by atoms with Crippen molar-refractivity contribution in [3.05, 3.63) is 41.4 Å². The Morgan fingerprint density at radius 3 is 2.43 bits per heavy atom. The van der Waals surface area contributed by atoms with E-state index >= 15 is 0 Å². The highest BCUT2D eigenvalue weighted by molar-refractivity contribution is 7.82. The van der Waals surface area contributed by atoms with Crippen LogP contribution in [-0.4, -0.2) is 37.4 Å². The molecule has 2 aromatic carbocycles. The van der Waals surface area contributed by atoms with Crippen molar-refractivity contribution in [2.24, 2.45) is 0 Å². The first-order chi connectivity index (χ1) is 13.3. The summed E-state index contributed by atoms with van der Waals surface area (Å²) < 4.78 is 11.7. The molecule has 0 heterocycles. The number of nitrogens with one attached hydrogen (secondary N) is 2. The van der Waals surface area contributed by atoms with Crippen LogP contribution in [0, 0.1) is 0 Å². The number of hydrogen-bond acceptors (Lipinski definition) is 6. The fourth-order valence-corrected chi connectivity index (χ4v) is 2.66. The largest absolute Gasteiger partial charge is 0.495 e. The number of hydrogen-bond donors (Lipinski definition) is 4. The molecule has 8 nitrogen and oxygen atoms in total. The number of aliphatic hydroxyl groups is 1. The van der Waals surface area contributed by atoms with E-state index < -0.39 is 6.03 Å². The highest BCUT2D eigenvalue weighted by atomic mass is 35.5. The minimum atomic E-state index is -0.564. The van der Waals surface area contributed by atoms with Crippen LogP contribution in [0.5, 0.6) is 11.5 Å². The van der Waals surface area contributed by atoms with Crippen LogP contribution in [0.1, 0.15) is 6.92 Å². The molecule has 0 spiro atoms. The molecule has 10 heteroatoms. The van der Waals surface area contributed by atoms with Gasteiger partial charge in [0.1, 0.15) is 18.1 Å². The van der Waals surface area contributed by atoms with Crippen molar-refractivity contribution < 1.29 is 24.2 Å². The van der Waals surface area contributed by atoms with Crippen molar-refractivity contribution in [3.63, 3.8) is 0 Å². The van der Waals surface area contributed by atoms with Crippen molar-refractivity contribution in [3.8, 4) is 11.5 Å². The van der Waals surface area contributed by atoms with Gasteiger partial charge >= 0.3 is 6.03 Å². The molecule has 0 atom stereocenters. The van der Waals surface area contributed by atoms with Crippen LogP contribution in [0.15, 0.2) is 36.4 Å². The second-order valence-corrected chi connectivity index (χ2v) is 6.33. The summed E-state index contributed by atoms with van der Waals surface area (Å²) >= 11 is 10.3. The number of aliphatic hydroxyl groups excluding tert-OH is 1. The van der Waals surface area contributed by atoms with Crippen molar-refractivity contribution in [1.29, 1.82) is 0 Å². The summed E-state index contributed by atoms with van der Waals surface area (Å²) in [6, 6.07) is 8.97. The molecule has 28 heavy (non-hydrogen) atoms. The van der Waals surface area contributed by atoms with Crippen LogP contribution in [0.4, 0.5) is 21.9 Å². The van der Waals surface area contributed by atoms with Gasteiger partial charge in [-0.25, -0.2) is 9.10 Å². The molecule has 2 rings (SSSR count). The number of carbonyl (C=O) groups is 2. The van der Waals surface area contributed by atoms with Gasteiger partial charge < -0.3 is 25.2 Å². The van der Waals surface area contributed by atoms with Crippen LogP contribution < -0.4 is 24.4 Å². The molecule has 0 saturated heterocycles. The lowest BCUT2D eigenvalue weighted by molar-refractivity contribution is -0.114. The molecule has 0 bridgehead atoms. The third-order valence-electron chi connectivity index (χ3n) is 3.47. The number of methoxy groups -OCH3 is 1. The molecular formula is C18H20ClN3O5S. The zero-order valence-corrected chi connectivity index (χ0v) is 16.9. The standard InChI is InChI=1S/C18H20ClN3O5S/c1-11(24)20-12-3-5-13(6-4-12)22(28)18(25)21-15-9-14(19)16(26-2)10-17(15)27-8-7-23/h3-6,9-10,23,28H,7-8H2,1-2H3,(H,20,24)(H,21,25). The van der Waals surface area contributed by atoms with Crippen LogP contribution in [0.2, 0.25) is 5.02 Å². The summed E-state index contributed by atoms with van der Waals surface area (Å²) in [6.07, 6.45) is 0. The van der Waals surface area contributed by atoms with Gasteiger partial charge in [0.15, 0.2) is 0 Å². The molecule has 0 aliphatic carbocycles. The van der Waals surface area contributed by atoms with Crippen LogP contribution in [-0.2, 0) is 4.79 Å². The lowest BCUT2D eigenvalue weighted by Crippen LogP contribution is -2.27. The molecule has 0 aliphatic rings. The van der Waals surface area contributed by atoms with Crippen molar-refractivity contribution >= 4 is 53.4 Å². The maximum absolute atomic E-state index is 12.6. The van der Waals surface area contributed by atoms with E-state index in [1.54, 1.807) is 24.3 Å². The second-order valence-electron chi connectivity index (χ2n) is 5.52. The summed E-state index contributed by atoms with van der Waals surface area (Å²) in [5.41, 5.74) is 1.37. The first-order valence-corrected chi connectivity index (χ1v) is 8.92. The normalized spacial score (nSPS) is 10.2. The Kier molecular flexibility index (Phi) is 7.80. The van der Waals surface area contributed by atoms with Crippen LogP contribution in [0.3, 0.4) is 0 Å². The lowest BCUT2D eigenvalue weighted by atomic mass is 10.2. The van der Waals surface area contributed by atoms with Crippen molar-refractivity contribution in [1.82, 2.24) is 0 Å². The Balaban J connectivity index is 2.18. The van der Waals surface area contributed by atoms with E-state index in [1.807, 2.05) is 0 Å². The average molecular weight is 426 g/mol. The molecule has 0 aromatic heterocycles. The monoisotopic (exact) mass is 425 g/mol. The molecule has 2 aromatic rings. The van der Waals surface area contributed by atoms with E-state index in [4.69, 9.17) is 26.2 Å². The summed E-state index contributed by atoms with van der Waals surface area (Å²) in [5.74, 6) is 0.454. The molecule has 0 aliphatic heterocycles. The molecule has 150 valence electrons. The van der Waals surface area contributed by atoms with Gasteiger partial charge in [0.05, 0.1) is 30.1 Å². The Morgan fingerprint density at radius 1 is 1.18 bits per heavy atom. The highest BCUT2D eigenvalue weighted by Gasteiger charge is 2.17. The number of halogens is 1. The topological polar surface area (TPSA) is 100 Å². The highest BCUT2D eigenvalue weighted by Crippen LogP contribution is 2.36. The number of ether oxygens (including phenoxy) is 2. The number of nitrogens with zero attached hydrogens (tertiary/aromatic N) is 1. The first kappa shape index (κ1) is 21.7. The van der Waals surface area contributed by atoms with E-state index in [0.717, 1.165) is 4.31 Å². The van der Waals surface area contributed by atoms with Crippen molar-refractivity contribution in [2.75, 3.05) is 35.3 Å². The van der Waals surface area contributed by atoms with Gasteiger partial charge in [-0.1, -0.05) is 24.4 Å². The van der Waals surface area contributed by atoms with Gasteiger partial charge in [0.25, 0.3) is 0 Å². The summed E-state index contributed by atoms with van der Waals surface area (Å²) in [4.78, 5) is 23.6. The molecule has 0 radical (unpaired) electrons. The summed E-state index contributed by atoms with van der Waals surface area (Å²) in [5, 5.41) is 14.5. The van der Waals surface area contributed by atoms with Gasteiger partial charge in [0.2, 0.25) is 5.91 Å². The fraction of sp³-hybridized carbons (Fsp3) is 0.222. The average Bonchev–Trinajstić information content (AvgIpc) is 2.67. The summed E-state index contributed by atoms with van der Waals surface area (Å²) in [6.45, 7) is 1.24.